The molecule has 6 nitrogen and oxygen atoms in total. The van der Waals surface area contributed by atoms with E-state index in [0.717, 1.165) is 12.0 Å². The van der Waals surface area contributed by atoms with Gasteiger partial charge in [0.25, 0.3) is 0 Å². The average molecular weight is 385 g/mol. The summed E-state index contributed by atoms with van der Waals surface area (Å²) in [7, 11) is 0.254. The van der Waals surface area contributed by atoms with Crippen LogP contribution in [0.5, 0.6) is 0 Å². The first kappa shape index (κ1) is 19.6. The van der Waals surface area contributed by atoms with E-state index in [9.17, 15) is 9.00 Å². The van der Waals surface area contributed by atoms with Gasteiger partial charge in [0.2, 0.25) is 11.8 Å². The molecular weight excluding hydrogens is 364 g/mol. The minimum atomic E-state index is -1.35. The first-order valence-electron chi connectivity index (χ1n) is 7.82. The van der Waals surface area contributed by atoms with E-state index in [1.807, 2.05) is 12.1 Å². The van der Waals surface area contributed by atoms with Gasteiger partial charge in [0.1, 0.15) is 11.5 Å². The van der Waals surface area contributed by atoms with Crippen molar-refractivity contribution in [2.75, 3.05) is 26.0 Å². The van der Waals surface area contributed by atoms with Crippen molar-refractivity contribution in [1.29, 1.82) is 0 Å². The molecule has 1 aromatic heterocycles. The molecular formula is C17H21ClN2O4S. The van der Waals surface area contributed by atoms with Crippen molar-refractivity contribution in [3.05, 3.63) is 40.7 Å². The van der Waals surface area contributed by atoms with Crippen LogP contribution in [0, 0.1) is 6.92 Å². The number of amides is 1. The Balaban J connectivity index is 1.90. The number of aryl methyl sites for hydroxylation is 1. The maximum absolute atomic E-state index is 12.2. The maximum Gasteiger partial charge on any atom is 0.232 e. The second kappa shape index (κ2) is 9.70. The molecule has 25 heavy (non-hydrogen) atoms. The molecule has 0 saturated heterocycles. The standard InChI is InChI=1S/C17H21ClN2O4S/c1-12-15(10-25(22)11-16(21)19-8-3-9-23-2)20-17(24-12)13-4-6-14(18)7-5-13/h4-7H,3,8-11H2,1-2H3,(H,19,21)/t25-/m1/s1. The predicted octanol–water partition coefficient (Wildman–Crippen LogP) is 2.70. The zero-order chi connectivity index (χ0) is 18.2. The fraction of sp³-hybridized carbons (Fsp3) is 0.412. The van der Waals surface area contributed by atoms with Crippen LogP contribution in [0.4, 0.5) is 0 Å². The number of benzene rings is 1. The Morgan fingerprint density at radius 2 is 2.08 bits per heavy atom. The van der Waals surface area contributed by atoms with Crippen molar-refractivity contribution < 1.29 is 18.2 Å². The van der Waals surface area contributed by atoms with E-state index in [1.165, 1.54) is 0 Å². The van der Waals surface area contributed by atoms with Gasteiger partial charge < -0.3 is 14.5 Å². The van der Waals surface area contributed by atoms with Crippen LogP contribution < -0.4 is 5.32 Å². The van der Waals surface area contributed by atoms with Crippen LogP contribution in [0.15, 0.2) is 28.7 Å². The highest BCUT2D eigenvalue weighted by molar-refractivity contribution is 7.84. The number of aromatic nitrogens is 1. The molecule has 0 aliphatic carbocycles. The zero-order valence-electron chi connectivity index (χ0n) is 14.2. The van der Waals surface area contributed by atoms with Crippen molar-refractivity contribution in [2.45, 2.75) is 19.1 Å². The van der Waals surface area contributed by atoms with E-state index in [4.69, 9.17) is 20.8 Å². The Morgan fingerprint density at radius 3 is 2.76 bits per heavy atom. The van der Waals surface area contributed by atoms with E-state index in [0.29, 0.717) is 35.5 Å². The Labute approximate surface area is 154 Å². The lowest BCUT2D eigenvalue weighted by atomic mass is 10.2. The van der Waals surface area contributed by atoms with Gasteiger partial charge in [0.15, 0.2) is 0 Å². The maximum atomic E-state index is 12.2. The Hall–Kier alpha value is -1.70. The van der Waals surface area contributed by atoms with Crippen molar-refractivity contribution >= 4 is 28.3 Å². The summed E-state index contributed by atoms with van der Waals surface area (Å²) in [6, 6.07) is 7.12. The third kappa shape index (κ3) is 6.26. The van der Waals surface area contributed by atoms with Gasteiger partial charge in [-0.3, -0.25) is 9.00 Å². The van der Waals surface area contributed by atoms with Gasteiger partial charge in [-0.1, -0.05) is 11.6 Å². The van der Waals surface area contributed by atoms with Crippen LogP contribution in [0.1, 0.15) is 17.9 Å². The van der Waals surface area contributed by atoms with E-state index >= 15 is 0 Å². The number of hydrogen-bond acceptors (Lipinski definition) is 5. The molecule has 1 N–H and O–H groups in total. The lowest BCUT2D eigenvalue weighted by Crippen LogP contribution is -2.30. The van der Waals surface area contributed by atoms with Crippen molar-refractivity contribution in [3.8, 4) is 11.5 Å². The van der Waals surface area contributed by atoms with Gasteiger partial charge in [0, 0.05) is 41.6 Å². The first-order chi connectivity index (χ1) is 12.0. The molecule has 0 bridgehead atoms. The molecule has 136 valence electrons. The Morgan fingerprint density at radius 1 is 1.36 bits per heavy atom. The number of nitrogens with zero attached hydrogens (tertiary/aromatic N) is 1. The monoisotopic (exact) mass is 384 g/mol. The number of methoxy groups -OCH3 is 1. The number of carbonyl (C=O) groups excluding carboxylic acids is 1. The van der Waals surface area contributed by atoms with Crippen molar-refractivity contribution in [2.24, 2.45) is 0 Å². The molecule has 1 atom stereocenters. The summed E-state index contributed by atoms with van der Waals surface area (Å²) in [5, 5.41) is 3.35. The highest BCUT2D eigenvalue weighted by atomic mass is 35.5. The third-order valence-electron chi connectivity index (χ3n) is 3.42. The number of hydrogen-bond donors (Lipinski definition) is 1. The van der Waals surface area contributed by atoms with E-state index in [1.54, 1.807) is 26.2 Å². The number of halogens is 1. The second-order valence-corrected chi connectivity index (χ2v) is 7.35. The zero-order valence-corrected chi connectivity index (χ0v) is 15.8. The molecule has 0 radical (unpaired) electrons. The Bertz CT molecular complexity index is 731. The van der Waals surface area contributed by atoms with Crippen LogP contribution in [0.3, 0.4) is 0 Å². The van der Waals surface area contributed by atoms with E-state index in [2.05, 4.69) is 10.3 Å². The van der Waals surface area contributed by atoms with Gasteiger partial charge in [-0.2, -0.15) is 0 Å². The first-order valence-corrected chi connectivity index (χ1v) is 9.69. The predicted molar refractivity (Wildman–Crippen MR) is 97.9 cm³/mol. The van der Waals surface area contributed by atoms with Gasteiger partial charge in [-0.25, -0.2) is 4.98 Å². The van der Waals surface area contributed by atoms with Crippen LogP contribution >= 0.6 is 11.6 Å². The molecule has 0 spiro atoms. The molecule has 1 heterocycles. The quantitative estimate of drug-likeness (QED) is 0.672. The molecule has 2 aromatic rings. The number of oxazole rings is 1. The number of rotatable bonds is 9. The van der Waals surface area contributed by atoms with Gasteiger partial charge in [0.05, 0.1) is 11.4 Å². The van der Waals surface area contributed by atoms with Crippen molar-refractivity contribution in [1.82, 2.24) is 10.3 Å². The third-order valence-corrected chi connectivity index (χ3v) is 4.85. The fourth-order valence-corrected chi connectivity index (χ4v) is 3.32. The molecule has 1 aromatic carbocycles. The van der Waals surface area contributed by atoms with Gasteiger partial charge in [-0.15, -0.1) is 0 Å². The van der Waals surface area contributed by atoms with Crippen LogP contribution in [-0.4, -0.2) is 41.1 Å². The van der Waals surface area contributed by atoms with Crippen molar-refractivity contribution in [3.63, 3.8) is 0 Å². The molecule has 0 saturated carbocycles. The largest absolute Gasteiger partial charge is 0.441 e. The molecule has 0 fully saturated rings. The summed E-state index contributed by atoms with van der Waals surface area (Å²) in [5.41, 5.74) is 1.39. The lowest BCUT2D eigenvalue weighted by Gasteiger charge is -2.04. The average Bonchev–Trinajstić information content (AvgIpc) is 2.93. The summed E-state index contributed by atoms with van der Waals surface area (Å²) in [5.74, 6) is 0.918. The molecule has 0 aliphatic heterocycles. The van der Waals surface area contributed by atoms with E-state index < -0.39 is 10.8 Å². The smallest absolute Gasteiger partial charge is 0.232 e. The number of nitrogens with one attached hydrogen (secondary N) is 1. The summed E-state index contributed by atoms with van der Waals surface area (Å²) in [4.78, 5) is 16.1. The van der Waals surface area contributed by atoms with Crippen LogP contribution in [0.2, 0.25) is 5.02 Å². The molecule has 0 unspecified atom stereocenters. The summed E-state index contributed by atoms with van der Waals surface area (Å²) < 4.78 is 22.7. The molecule has 2 rings (SSSR count). The minimum Gasteiger partial charge on any atom is -0.441 e. The lowest BCUT2D eigenvalue weighted by molar-refractivity contribution is -0.118. The number of carbonyl (C=O) groups is 1. The van der Waals surface area contributed by atoms with E-state index in [-0.39, 0.29) is 17.4 Å². The Kier molecular flexibility index (Phi) is 7.61. The molecule has 8 heteroatoms. The normalized spacial score (nSPS) is 12.1. The van der Waals surface area contributed by atoms with Crippen LogP contribution in [0.25, 0.3) is 11.5 Å². The summed E-state index contributed by atoms with van der Waals surface area (Å²) in [6.07, 6.45) is 0.724. The van der Waals surface area contributed by atoms with Gasteiger partial charge in [-0.05, 0) is 37.6 Å². The van der Waals surface area contributed by atoms with Crippen LogP contribution in [-0.2, 0) is 26.1 Å². The fourth-order valence-electron chi connectivity index (χ4n) is 2.12. The molecule has 0 aliphatic rings. The SMILES string of the molecule is COCCCNC(=O)C[S@](=O)Cc1nc(-c2ccc(Cl)cc2)oc1C. The van der Waals surface area contributed by atoms with Gasteiger partial charge >= 0.3 is 0 Å². The second-order valence-electron chi connectivity index (χ2n) is 5.45. The topological polar surface area (TPSA) is 81.4 Å². The summed E-state index contributed by atoms with van der Waals surface area (Å²) in [6.45, 7) is 2.85. The highest BCUT2D eigenvalue weighted by Crippen LogP contribution is 2.23. The number of ether oxygens (including phenoxy) is 1. The highest BCUT2D eigenvalue weighted by Gasteiger charge is 2.16. The minimum absolute atomic E-state index is 0.0600. The molecule has 1 amide bonds. The summed E-state index contributed by atoms with van der Waals surface area (Å²) >= 11 is 5.87.